The summed E-state index contributed by atoms with van der Waals surface area (Å²) in [6.45, 7) is 0. The zero-order valence-corrected chi connectivity index (χ0v) is 22.0. The summed E-state index contributed by atoms with van der Waals surface area (Å²) >= 11 is 0. The molecule has 0 bridgehead atoms. The molecule has 1 aliphatic heterocycles. The van der Waals surface area contributed by atoms with Crippen LogP contribution >= 0.6 is 0 Å². The van der Waals surface area contributed by atoms with E-state index in [1.807, 2.05) is 0 Å². The number of rotatable bonds is 8. The molecule has 21 heteroatoms. The molecule has 0 unspecified atom stereocenters. The van der Waals surface area contributed by atoms with Crippen LogP contribution in [0.1, 0.15) is 0 Å². The molecule has 0 saturated heterocycles. The van der Waals surface area contributed by atoms with E-state index in [4.69, 9.17) is 9.47 Å². The van der Waals surface area contributed by atoms with Crippen molar-refractivity contribution in [2.24, 2.45) is 5.10 Å². The van der Waals surface area contributed by atoms with Crippen molar-refractivity contribution in [2.75, 3.05) is 24.5 Å². The van der Waals surface area contributed by atoms with E-state index < -0.39 is 51.2 Å². The Morgan fingerprint density at radius 1 is 0.861 bits per heavy atom. The van der Waals surface area contributed by atoms with Gasteiger partial charge in [0.25, 0.3) is 11.4 Å². The van der Waals surface area contributed by atoms with Crippen LogP contribution in [0.15, 0.2) is 39.2 Å². The first-order valence-corrected chi connectivity index (χ1v) is 11.6. The third kappa shape index (κ3) is 5.43. The summed E-state index contributed by atoms with van der Waals surface area (Å²) in [4.78, 5) is 18.3. The van der Waals surface area contributed by atoms with Crippen LogP contribution in [0.5, 0.6) is 11.5 Å². The molecule has 36 heavy (non-hydrogen) atoms. The molecule has 0 atom stereocenters. The molecular weight excluding hydrogens is 543 g/mol. The molecule has 2 aromatic rings. The summed E-state index contributed by atoms with van der Waals surface area (Å²) in [7, 11) is -8.04. The second-order valence-electron chi connectivity index (χ2n) is 6.42. The zero-order valence-electron chi connectivity index (χ0n) is 18.4. The average molecular weight is 557 g/mol. The number of nitrogens with zero attached hydrogens (tertiary/aromatic N) is 5. The van der Waals surface area contributed by atoms with Crippen molar-refractivity contribution < 1.29 is 74.8 Å². The van der Waals surface area contributed by atoms with Crippen molar-refractivity contribution >= 4 is 49.3 Å². The van der Waals surface area contributed by atoms with Gasteiger partial charge < -0.3 is 9.47 Å². The maximum Gasteiger partial charge on any atom is 1.00 e. The molecule has 0 aromatic heterocycles. The normalized spacial score (nSPS) is 13.1. The molecule has 0 radical (unpaired) electrons. The van der Waals surface area contributed by atoms with Gasteiger partial charge in [-0.15, -0.1) is 10.2 Å². The van der Waals surface area contributed by atoms with E-state index in [1.54, 1.807) is 0 Å². The first-order valence-electron chi connectivity index (χ1n) is 8.77. The second-order valence-corrected chi connectivity index (χ2v) is 9.20. The molecule has 0 fully saturated rings. The first kappa shape index (κ1) is 29.0. The van der Waals surface area contributed by atoms with Gasteiger partial charge in [0, 0.05) is 0 Å². The summed E-state index contributed by atoms with van der Waals surface area (Å²) in [6.07, 6.45) is 1.00. The quantitative estimate of drug-likeness (QED) is 0.134. The number of hydrazine groups is 2. The van der Waals surface area contributed by atoms with Gasteiger partial charge in [-0.2, -0.15) is 22.0 Å². The van der Waals surface area contributed by atoms with E-state index in [1.165, 1.54) is 0 Å². The van der Waals surface area contributed by atoms with Gasteiger partial charge in [-0.25, -0.2) is 0 Å². The molecule has 0 amide bonds. The van der Waals surface area contributed by atoms with Crippen molar-refractivity contribution in [2.45, 2.75) is 9.79 Å². The van der Waals surface area contributed by atoms with Crippen molar-refractivity contribution in [3.8, 4) is 11.5 Å². The topological polar surface area (TPSA) is 244 Å². The maximum absolute atomic E-state index is 11.8. The van der Waals surface area contributed by atoms with Gasteiger partial charge >= 0.3 is 49.8 Å². The van der Waals surface area contributed by atoms with Crippen LogP contribution in [0.25, 0.3) is 0 Å². The predicted molar refractivity (Wildman–Crippen MR) is 116 cm³/mol. The minimum atomic E-state index is -5.12. The van der Waals surface area contributed by atoms with Gasteiger partial charge in [-0.1, -0.05) is 0 Å². The standard InChI is InChI=1S/C15H14N6O12S2.Na/c1-32-12-3-10(20(22)23)14(34(26,27)28)5-8(12)18-16-7-17-19(18)9-6-15(35(29,30)31)11(21(24)25)4-13(9)33-2;/h3-7H,1-2H3,(H,16,17)(H,26,27,28)(H,29,30,31);/q;+1. The maximum atomic E-state index is 11.8. The zero-order chi connectivity index (χ0) is 26.3. The fourth-order valence-electron chi connectivity index (χ4n) is 3.01. The molecule has 2 aromatic carbocycles. The number of hydrogen-bond acceptors (Lipinski definition) is 14. The van der Waals surface area contributed by atoms with Crippen LogP contribution < -0.4 is 54.7 Å². The van der Waals surface area contributed by atoms with Gasteiger partial charge in [-0.05, 0) is 12.1 Å². The van der Waals surface area contributed by atoms with Crippen molar-refractivity contribution in [1.29, 1.82) is 0 Å². The average Bonchev–Trinajstić information content (AvgIpc) is 3.25. The first-order chi connectivity index (χ1) is 16.2. The van der Waals surface area contributed by atoms with E-state index in [2.05, 4.69) is 10.5 Å². The van der Waals surface area contributed by atoms with Crippen LogP contribution in [0.3, 0.4) is 0 Å². The molecule has 188 valence electrons. The summed E-state index contributed by atoms with van der Waals surface area (Å²) in [5, 5.41) is 28.2. The van der Waals surface area contributed by atoms with E-state index in [0.717, 1.165) is 30.8 Å². The number of benzene rings is 2. The molecule has 3 N–H and O–H groups in total. The van der Waals surface area contributed by atoms with Crippen molar-refractivity contribution in [1.82, 2.24) is 5.43 Å². The summed E-state index contributed by atoms with van der Waals surface area (Å²) < 4.78 is 76.3. The van der Waals surface area contributed by atoms with Crippen LogP contribution in [-0.4, -0.2) is 56.3 Å². The summed E-state index contributed by atoms with van der Waals surface area (Å²) in [6, 6.07) is 2.72. The van der Waals surface area contributed by atoms with Gasteiger partial charge in [-0.3, -0.25) is 34.8 Å². The fourth-order valence-corrected chi connectivity index (χ4v) is 4.32. The van der Waals surface area contributed by atoms with Crippen LogP contribution in [0.2, 0.25) is 0 Å². The number of hydrazone groups is 1. The number of nitro benzene ring substituents is 2. The molecule has 0 saturated carbocycles. The molecular formula is C15H14N6NaO12S2+. The van der Waals surface area contributed by atoms with Crippen LogP contribution in [-0.2, 0) is 20.2 Å². The number of nitrogens with one attached hydrogen (secondary N) is 1. The molecule has 0 spiro atoms. The minimum Gasteiger partial charge on any atom is -0.494 e. The number of anilines is 2. The smallest absolute Gasteiger partial charge is 0.494 e. The van der Waals surface area contributed by atoms with Crippen molar-refractivity contribution in [3.05, 3.63) is 44.5 Å². The molecule has 3 rings (SSSR count). The fraction of sp³-hybridized carbons (Fsp3) is 0.133. The minimum absolute atomic E-state index is 0. The largest absolute Gasteiger partial charge is 1.00 e. The number of nitro groups is 2. The van der Waals surface area contributed by atoms with Gasteiger partial charge in [0.1, 0.15) is 17.7 Å². The van der Waals surface area contributed by atoms with E-state index in [-0.39, 0.29) is 52.4 Å². The monoisotopic (exact) mass is 557 g/mol. The molecule has 0 aliphatic carbocycles. The Bertz CT molecular complexity index is 1480. The van der Waals surface area contributed by atoms with Crippen molar-refractivity contribution in [3.63, 3.8) is 0 Å². The third-order valence-corrected chi connectivity index (χ3v) is 6.22. The Morgan fingerprint density at radius 2 is 1.28 bits per heavy atom. The van der Waals surface area contributed by atoms with Gasteiger partial charge in [0.05, 0.1) is 36.2 Å². The molecule has 18 nitrogen and oxygen atoms in total. The number of hydrogen-bond donors (Lipinski definition) is 3. The van der Waals surface area contributed by atoms with Gasteiger partial charge in [0.15, 0.2) is 21.3 Å². The van der Waals surface area contributed by atoms with E-state index in [0.29, 0.717) is 24.3 Å². The Hall–Kier alpha value is -3.27. The van der Waals surface area contributed by atoms with E-state index in [9.17, 15) is 46.2 Å². The molecule has 1 aliphatic rings. The van der Waals surface area contributed by atoms with E-state index >= 15 is 0 Å². The SMILES string of the molecule is COc1cc([N+](=O)[O-])c(S(=O)(=O)O)cc1N1N=CNN1c1cc(S(=O)(=O)O)c([N+](=O)[O-])cc1OC.[Na+]. The Kier molecular flexibility index (Phi) is 8.35. The summed E-state index contributed by atoms with van der Waals surface area (Å²) in [5.74, 6) is -0.617. The Morgan fingerprint density at radius 3 is 1.67 bits per heavy atom. The molecule has 1 heterocycles. The Labute approximate surface area is 224 Å². The predicted octanol–water partition coefficient (Wildman–Crippen LogP) is -2.29. The second kappa shape index (κ2) is 10.4. The van der Waals surface area contributed by atoms with Crippen LogP contribution in [0, 0.1) is 20.2 Å². The van der Waals surface area contributed by atoms with Gasteiger partial charge in [0.2, 0.25) is 0 Å². The number of ether oxygens (including phenoxy) is 2. The Balaban J connectivity index is 0.00000456. The summed E-state index contributed by atoms with van der Waals surface area (Å²) in [5.41, 5.74) is -0.132. The third-order valence-electron chi connectivity index (χ3n) is 4.45. The van der Waals surface area contributed by atoms with Crippen LogP contribution in [0.4, 0.5) is 22.7 Å². The number of methoxy groups -OCH3 is 2.